The first-order valence-corrected chi connectivity index (χ1v) is 12.6. The third-order valence-corrected chi connectivity index (χ3v) is 7.04. The molecule has 192 valence electrons. The maximum atomic E-state index is 12.3. The van der Waals surface area contributed by atoms with Crippen molar-refractivity contribution in [1.29, 1.82) is 0 Å². The van der Waals surface area contributed by atoms with E-state index >= 15 is 0 Å². The largest absolute Gasteiger partial charge is 0.454 e. The Hall–Kier alpha value is -1.73. The first-order chi connectivity index (χ1) is 16.0. The maximum Gasteiger partial charge on any atom is 0.331 e. The minimum absolute atomic E-state index is 0.135. The van der Waals surface area contributed by atoms with E-state index in [1.54, 1.807) is 25.2 Å². The van der Waals surface area contributed by atoms with Crippen LogP contribution in [0.3, 0.4) is 0 Å². The first kappa shape index (κ1) is 28.5. The average Bonchev–Trinajstić information content (AvgIpc) is 3.55. The van der Waals surface area contributed by atoms with Gasteiger partial charge >= 0.3 is 5.97 Å². The highest BCUT2D eigenvalue weighted by atomic mass is 16.6. The van der Waals surface area contributed by atoms with Gasteiger partial charge in [-0.05, 0) is 51.0 Å². The smallest absolute Gasteiger partial charge is 0.331 e. The van der Waals surface area contributed by atoms with E-state index in [0.717, 1.165) is 18.4 Å². The van der Waals surface area contributed by atoms with E-state index in [2.05, 4.69) is 13.0 Å². The van der Waals surface area contributed by atoms with Crippen molar-refractivity contribution >= 4 is 5.97 Å². The van der Waals surface area contributed by atoms with Crippen LogP contribution in [-0.4, -0.2) is 57.4 Å². The van der Waals surface area contributed by atoms with Gasteiger partial charge in [-0.3, -0.25) is 0 Å². The average molecular weight is 477 g/mol. The van der Waals surface area contributed by atoms with E-state index in [1.807, 2.05) is 39.8 Å². The number of hydrogen-bond acceptors (Lipinski definition) is 6. The summed E-state index contributed by atoms with van der Waals surface area (Å²) < 4.78 is 11.5. The highest BCUT2D eigenvalue weighted by Crippen LogP contribution is 2.36. The topological polar surface area (TPSA) is 99.5 Å². The Bertz CT molecular complexity index is 780. The summed E-state index contributed by atoms with van der Waals surface area (Å²) in [4.78, 5) is 12.3. The number of epoxide rings is 1. The third-order valence-electron chi connectivity index (χ3n) is 7.04. The Morgan fingerprint density at radius 1 is 1.32 bits per heavy atom. The van der Waals surface area contributed by atoms with E-state index in [0.29, 0.717) is 18.8 Å². The molecular formula is C28H44O6. The zero-order valence-corrected chi connectivity index (χ0v) is 21.6. The summed E-state index contributed by atoms with van der Waals surface area (Å²) in [6.07, 6.45) is 13.4. The molecule has 0 bridgehead atoms. The highest BCUT2D eigenvalue weighted by molar-refractivity contribution is 5.82. The van der Waals surface area contributed by atoms with E-state index in [9.17, 15) is 20.1 Å². The van der Waals surface area contributed by atoms with Crippen LogP contribution in [0.1, 0.15) is 67.2 Å². The van der Waals surface area contributed by atoms with Crippen molar-refractivity contribution in [3.05, 3.63) is 48.1 Å². The minimum atomic E-state index is -1.26. The van der Waals surface area contributed by atoms with Crippen LogP contribution in [0.5, 0.6) is 0 Å². The molecule has 9 atom stereocenters. The summed E-state index contributed by atoms with van der Waals surface area (Å²) in [7, 11) is 0. The van der Waals surface area contributed by atoms with Gasteiger partial charge in [0, 0.05) is 17.9 Å². The molecular weight excluding hydrogens is 432 g/mol. The molecule has 9 unspecified atom stereocenters. The van der Waals surface area contributed by atoms with Crippen LogP contribution in [0.15, 0.2) is 48.1 Å². The van der Waals surface area contributed by atoms with Crippen molar-refractivity contribution in [2.75, 3.05) is 0 Å². The summed E-state index contributed by atoms with van der Waals surface area (Å²) in [5, 5.41) is 30.9. The quantitative estimate of drug-likeness (QED) is 0.210. The molecule has 2 aliphatic heterocycles. The molecule has 34 heavy (non-hydrogen) atoms. The van der Waals surface area contributed by atoms with Crippen LogP contribution >= 0.6 is 0 Å². The molecule has 0 amide bonds. The number of carbonyl (C=O) groups is 1. The van der Waals surface area contributed by atoms with Crippen LogP contribution in [-0.2, 0) is 14.3 Å². The maximum absolute atomic E-state index is 12.3. The zero-order chi connectivity index (χ0) is 25.5. The van der Waals surface area contributed by atoms with E-state index in [4.69, 9.17) is 9.47 Å². The lowest BCUT2D eigenvalue weighted by atomic mass is 9.90. The molecule has 3 N–H and O–H groups in total. The number of aliphatic hydroxyl groups is 3. The predicted molar refractivity (Wildman–Crippen MR) is 134 cm³/mol. The Labute approximate surface area is 205 Å². The van der Waals surface area contributed by atoms with Crippen LogP contribution < -0.4 is 0 Å². The van der Waals surface area contributed by atoms with Gasteiger partial charge in [-0.25, -0.2) is 4.79 Å². The van der Waals surface area contributed by atoms with Crippen LogP contribution in [0, 0.1) is 17.8 Å². The Kier molecular flexibility index (Phi) is 10.8. The zero-order valence-electron chi connectivity index (χ0n) is 21.6. The molecule has 0 aromatic rings. The number of aliphatic hydroxyl groups excluding tert-OH is 2. The Morgan fingerprint density at radius 3 is 2.71 bits per heavy atom. The molecule has 6 nitrogen and oxygen atoms in total. The van der Waals surface area contributed by atoms with E-state index in [-0.39, 0.29) is 30.1 Å². The number of allylic oxidation sites excluding steroid dienone is 4. The summed E-state index contributed by atoms with van der Waals surface area (Å²) in [5.74, 6) is -0.149. The van der Waals surface area contributed by atoms with Crippen molar-refractivity contribution in [1.82, 2.24) is 0 Å². The molecule has 1 fully saturated rings. The van der Waals surface area contributed by atoms with Crippen LogP contribution in [0.25, 0.3) is 0 Å². The highest BCUT2D eigenvalue weighted by Gasteiger charge is 2.44. The summed E-state index contributed by atoms with van der Waals surface area (Å²) in [5.41, 5.74) is -0.375. The number of carbonyl (C=O) groups excluding carboxylic acids is 1. The summed E-state index contributed by atoms with van der Waals surface area (Å²) in [6.45, 7) is 11.6. The molecule has 0 aliphatic carbocycles. The van der Waals surface area contributed by atoms with Gasteiger partial charge in [0.1, 0.15) is 12.2 Å². The summed E-state index contributed by atoms with van der Waals surface area (Å²) in [6, 6.07) is 0. The van der Waals surface area contributed by atoms with Crippen molar-refractivity contribution in [2.45, 2.75) is 103 Å². The number of rotatable bonds is 8. The Morgan fingerprint density at radius 2 is 2.03 bits per heavy atom. The fourth-order valence-corrected chi connectivity index (χ4v) is 4.41. The Balaban J connectivity index is 2.02. The normalized spacial score (nSPS) is 35.9. The predicted octanol–water partition coefficient (Wildman–Crippen LogP) is 4.26. The lowest BCUT2D eigenvalue weighted by molar-refractivity contribution is -0.142. The lowest BCUT2D eigenvalue weighted by Crippen LogP contribution is -2.38. The van der Waals surface area contributed by atoms with Gasteiger partial charge in [-0.1, -0.05) is 64.2 Å². The monoisotopic (exact) mass is 476 g/mol. The molecule has 6 heteroatoms. The van der Waals surface area contributed by atoms with Crippen LogP contribution in [0.2, 0.25) is 0 Å². The molecule has 0 saturated carbocycles. The molecule has 1 saturated heterocycles. The van der Waals surface area contributed by atoms with Gasteiger partial charge < -0.3 is 24.8 Å². The lowest BCUT2D eigenvalue weighted by Gasteiger charge is -2.28. The van der Waals surface area contributed by atoms with Gasteiger partial charge in [-0.2, -0.15) is 0 Å². The molecule has 0 aromatic heterocycles. The minimum Gasteiger partial charge on any atom is -0.454 e. The molecule has 0 spiro atoms. The molecule has 2 rings (SSSR count). The second-order valence-corrected chi connectivity index (χ2v) is 10.3. The number of esters is 1. The van der Waals surface area contributed by atoms with Crippen LogP contribution in [0.4, 0.5) is 0 Å². The van der Waals surface area contributed by atoms with Gasteiger partial charge in [-0.15, -0.1) is 0 Å². The molecule has 2 heterocycles. The van der Waals surface area contributed by atoms with E-state index < -0.39 is 23.8 Å². The first-order valence-electron chi connectivity index (χ1n) is 12.6. The molecule has 0 radical (unpaired) electrons. The van der Waals surface area contributed by atoms with Crippen molar-refractivity contribution in [2.24, 2.45) is 17.8 Å². The van der Waals surface area contributed by atoms with E-state index in [1.165, 1.54) is 6.08 Å². The second-order valence-electron chi connectivity index (χ2n) is 10.3. The standard InChI is InChI=1S/C28H44O6/c1-7-22(29)21(5)27-23(33-27)17-18(2)11-10-12-19(3)26-20(4)14-15-24(30)28(6,32)16-9-8-13-25(31)34-26/h8,10-15,18,20-24,26-27,29-30,32H,7,9,16-17H2,1-6H3. The molecule has 0 aromatic carbocycles. The third kappa shape index (κ3) is 8.49. The fourth-order valence-electron chi connectivity index (χ4n) is 4.41. The van der Waals surface area contributed by atoms with Crippen molar-refractivity contribution in [3.8, 4) is 0 Å². The van der Waals surface area contributed by atoms with Gasteiger partial charge in [0.2, 0.25) is 0 Å². The van der Waals surface area contributed by atoms with Gasteiger partial charge in [0.15, 0.2) is 0 Å². The van der Waals surface area contributed by atoms with Crippen molar-refractivity contribution in [3.63, 3.8) is 0 Å². The number of ether oxygens (including phenoxy) is 2. The number of cyclic esters (lactones) is 1. The fraction of sp³-hybridized carbons (Fsp3) is 0.679. The summed E-state index contributed by atoms with van der Waals surface area (Å²) >= 11 is 0. The number of hydrogen-bond donors (Lipinski definition) is 3. The molecule has 2 aliphatic rings. The van der Waals surface area contributed by atoms with Gasteiger partial charge in [0.05, 0.1) is 23.9 Å². The second kappa shape index (κ2) is 12.8. The van der Waals surface area contributed by atoms with Gasteiger partial charge in [0.25, 0.3) is 0 Å². The van der Waals surface area contributed by atoms with Crippen molar-refractivity contribution < 1.29 is 29.6 Å². The SMILES string of the molecule is CCC(O)C(C)C1OC1CC(C)C=CC=C(C)C1OC(=O)C=CCCC(C)(O)C(O)C=CC1C.